The van der Waals surface area contributed by atoms with Crippen molar-refractivity contribution in [3.63, 3.8) is 0 Å². The molecule has 102 valence electrons. The van der Waals surface area contributed by atoms with Crippen molar-refractivity contribution in [2.75, 3.05) is 6.54 Å². The van der Waals surface area contributed by atoms with E-state index < -0.39 is 0 Å². The molecule has 0 aliphatic rings. The van der Waals surface area contributed by atoms with Crippen LogP contribution in [0.4, 0.5) is 0 Å². The molecule has 20 heavy (non-hydrogen) atoms. The zero-order valence-corrected chi connectivity index (χ0v) is 10.9. The fraction of sp³-hybridized carbons (Fsp3) is 0.200. The van der Waals surface area contributed by atoms with Crippen molar-refractivity contribution in [2.24, 2.45) is 0 Å². The van der Waals surface area contributed by atoms with Gasteiger partial charge in [-0.25, -0.2) is 0 Å². The molecule has 0 spiro atoms. The first-order valence-electron chi connectivity index (χ1n) is 6.50. The van der Waals surface area contributed by atoms with Gasteiger partial charge < -0.3 is 14.9 Å². The molecule has 0 atom stereocenters. The first-order chi connectivity index (χ1) is 9.84. The minimum atomic E-state index is 0.314. The minimum Gasteiger partial charge on any atom is -0.508 e. The maximum Gasteiger partial charge on any atom is 0.227 e. The largest absolute Gasteiger partial charge is 0.508 e. The van der Waals surface area contributed by atoms with Crippen LogP contribution in [-0.2, 0) is 13.0 Å². The predicted molar refractivity (Wildman–Crippen MR) is 75.3 cm³/mol. The Balaban J connectivity index is 1.69. The molecule has 0 aliphatic carbocycles. The number of phenols is 1. The maximum atomic E-state index is 10.0. The maximum absolute atomic E-state index is 10.0. The van der Waals surface area contributed by atoms with E-state index in [4.69, 9.17) is 4.52 Å². The summed E-state index contributed by atoms with van der Waals surface area (Å²) in [5, 5.41) is 19.0. The quantitative estimate of drug-likeness (QED) is 0.695. The van der Waals surface area contributed by atoms with Crippen molar-refractivity contribution in [3.8, 4) is 5.75 Å². The Morgan fingerprint density at radius 3 is 2.90 bits per heavy atom. The van der Waals surface area contributed by atoms with Crippen LogP contribution in [0.1, 0.15) is 11.5 Å². The van der Waals surface area contributed by atoms with Gasteiger partial charge in [0.25, 0.3) is 0 Å². The lowest BCUT2D eigenvalue weighted by Gasteiger charge is -2.09. The topological polar surface area (TPSA) is 71.2 Å². The van der Waals surface area contributed by atoms with E-state index in [1.54, 1.807) is 6.07 Å². The molecule has 0 bridgehead atoms. The van der Waals surface area contributed by atoms with Crippen LogP contribution in [-0.4, -0.2) is 21.8 Å². The van der Waals surface area contributed by atoms with Gasteiger partial charge in [0.15, 0.2) is 6.33 Å². The molecule has 1 aromatic heterocycles. The molecule has 0 saturated carbocycles. The Morgan fingerprint density at radius 1 is 1.15 bits per heavy atom. The third kappa shape index (κ3) is 2.62. The van der Waals surface area contributed by atoms with Crippen molar-refractivity contribution in [2.45, 2.75) is 13.0 Å². The third-order valence-electron chi connectivity index (χ3n) is 3.24. The van der Waals surface area contributed by atoms with Crippen LogP contribution in [0.3, 0.4) is 0 Å². The number of nitrogens with zero attached hydrogens (tertiary/aromatic N) is 2. The second-order valence-electron chi connectivity index (χ2n) is 4.55. The van der Waals surface area contributed by atoms with Gasteiger partial charge in [0, 0.05) is 25.1 Å². The summed E-state index contributed by atoms with van der Waals surface area (Å²) < 4.78 is 4.93. The average molecular weight is 269 g/mol. The molecule has 5 heteroatoms. The van der Waals surface area contributed by atoms with Crippen molar-refractivity contribution in [3.05, 3.63) is 54.2 Å². The number of fused-ring (bicyclic) bond motifs is 1. The van der Waals surface area contributed by atoms with Gasteiger partial charge in [-0.15, -0.1) is 0 Å². The molecule has 2 aromatic carbocycles. The second kappa shape index (κ2) is 5.71. The summed E-state index contributed by atoms with van der Waals surface area (Å²) in [5.41, 5.74) is 0.911. The zero-order chi connectivity index (χ0) is 13.8. The zero-order valence-electron chi connectivity index (χ0n) is 10.9. The molecule has 0 amide bonds. The monoisotopic (exact) mass is 269 g/mol. The summed E-state index contributed by atoms with van der Waals surface area (Å²) in [4.78, 5) is 3.96. The molecular weight excluding hydrogens is 254 g/mol. The van der Waals surface area contributed by atoms with E-state index in [2.05, 4.69) is 15.5 Å². The number of phenolic OH excluding ortho intramolecular Hbond substituents is 1. The summed E-state index contributed by atoms with van der Waals surface area (Å²) in [7, 11) is 0. The molecule has 0 saturated heterocycles. The Morgan fingerprint density at radius 2 is 2.05 bits per heavy atom. The highest BCUT2D eigenvalue weighted by atomic mass is 16.5. The van der Waals surface area contributed by atoms with E-state index in [9.17, 15) is 5.11 Å². The Labute approximate surface area is 116 Å². The van der Waals surface area contributed by atoms with Gasteiger partial charge in [0.2, 0.25) is 5.89 Å². The number of nitrogens with one attached hydrogen (secondary N) is 1. The van der Waals surface area contributed by atoms with Crippen LogP contribution < -0.4 is 5.32 Å². The van der Waals surface area contributed by atoms with Crippen LogP contribution in [0.15, 0.2) is 47.2 Å². The Hall–Kier alpha value is -2.40. The fourth-order valence-electron chi connectivity index (χ4n) is 2.23. The summed E-state index contributed by atoms with van der Waals surface area (Å²) in [6.45, 7) is 1.31. The van der Waals surface area contributed by atoms with Crippen LogP contribution in [0.2, 0.25) is 0 Å². The summed E-state index contributed by atoms with van der Waals surface area (Å²) in [5.74, 6) is 0.925. The van der Waals surface area contributed by atoms with Crippen LogP contribution in [0, 0.1) is 0 Å². The first kappa shape index (κ1) is 12.6. The number of hydrogen-bond acceptors (Lipinski definition) is 5. The highest BCUT2D eigenvalue weighted by Crippen LogP contribution is 2.26. The van der Waals surface area contributed by atoms with Crippen LogP contribution >= 0.6 is 0 Å². The SMILES string of the molecule is Oc1ccc2ccccc2c1CNCCc1ncno1. The van der Waals surface area contributed by atoms with Crippen molar-refractivity contribution >= 4 is 10.8 Å². The van der Waals surface area contributed by atoms with Gasteiger partial charge in [-0.1, -0.05) is 35.5 Å². The molecule has 2 N–H and O–H groups in total. The van der Waals surface area contributed by atoms with E-state index in [0.717, 1.165) is 16.3 Å². The van der Waals surface area contributed by atoms with Crippen LogP contribution in [0.25, 0.3) is 10.8 Å². The molecule has 0 radical (unpaired) electrons. The number of rotatable bonds is 5. The van der Waals surface area contributed by atoms with E-state index in [1.807, 2.05) is 30.3 Å². The number of aromatic nitrogens is 2. The first-order valence-corrected chi connectivity index (χ1v) is 6.50. The molecule has 3 rings (SSSR count). The van der Waals surface area contributed by atoms with Crippen LogP contribution in [0.5, 0.6) is 5.75 Å². The summed E-state index contributed by atoms with van der Waals surface area (Å²) >= 11 is 0. The summed E-state index contributed by atoms with van der Waals surface area (Å²) in [6.07, 6.45) is 2.07. The van der Waals surface area contributed by atoms with Crippen molar-refractivity contribution < 1.29 is 9.63 Å². The summed E-state index contributed by atoms with van der Waals surface area (Å²) in [6, 6.07) is 11.7. The van der Waals surface area contributed by atoms with E-state index in [1.165, 1.54) is 6.33 Å². The van der Waals surface area contributed by atoms with Gasteiger partial charge in [-0.2, -0.15) is 4.98 Å². The lowest BCUT2D eigenvalue weighted by molar-refractivity contribution is 0.374. The molecule has 1 heterocycles. The van der Waals surface area contributed by atoms with Crippen molar-refractivity contribution in [1.29, 1.82) is 0 Å². The number of aromatic hydroxyl groups is 1. The van der Waals surface area contributed by atoms with Gasteiger partial charge in [0.05, 0.1) is 0 Å². The standard InChI is InChI=1S/C15H15N3O2/c19-14-6-5-11-3-1-2-4-12(11)13(14)9-16-8-7-15-17-10-18-20-15/h1-6,10,16,19H,7-9H2. The molecule has 5 nitrogen and oxygen atoms in total. The minimum absolute atomic E-state index is 0.314. The Kier molecular flexibility index (Phi) is 3.60. The highest BCUT2D eigenvalue weighted by Gasteiger charge is 2.06. The molecule has 0 aliphatic heterocycles. The smallest absolute Gasteiger partial charge is 0.227 e. The molecule has 3 aromatic rings. The molecular formula is C15H15N3O2. The second-order valence-corrected chi connectivity index (χ2v) is 4.55. The number of benzene rings is 2. The predicted octanol–water partition coefficient (Wildman–Crippen LogP) is 2.26. The third-order valence-corrected chi connectivity index (χ3v) is 3.24. The highest BCUT2D eigenvalue weighted by molar-refractivity contribution is 5.87. The fourth-order valence-corrected chi connectivity index (χ4v) is 2.23. The Bertz CT molecular complexity index is 695. The van der Waals surface area contributed by atoms with E-state index >= 15 is 0 Å². The molecule has 0 unspecified atom stereocenters. The van der Waals surface area contributed by atoms with Gasteiger partial charge in [-0.05, 0) is 16.8 Å². The van der Waals surface area contributed by atoms with Gasteiger partial charge >= 0.3 is 0 Å². The number of hydrogen-bond donors (Lipinski definition) is 2. The van der Waals surface area contributed by atoms with Gasteiger partial charge in [-0.3, -0.25) is 0 Å². The van der Waals surface area contributed by atoms with E-state index in [0.29, 0.717) is 31.2 Å². The lowest BCUT2D eigenvalue weighted by atomic mass is 10.0. The average Bonchev–Trinajstić information content (AvgIpc) is 2.98. The van der Waals surface area contributed by atoms with Gasteiger partial charge in [0.1, 0.15) is 5.75 Å². The lowest BCUT2D eigenvalue weighted by Crippen LogP contribution is -2.17. The van der Waals surface area contributed by atoms with E-state index in [-0.39, 0.29) is 0 Å². The molecule has 0 fully saturated rings. The normalized spacial score (nSPS) is 11.0. The van der Waals surface area contributed by atoms with Crippen molar-refractivity contribution in [1.82, 2.24) is 15.5 Å².